The molecule has 0 aliphatic heterocycles. The monoisotopic (exact) mass is 985 g/mol. The SMILES string of the molecule is N#Cc1cncc(COc2nc(O[C@H]3CCc4c(-c5cccc6c5CC[C@@H]6Oc5nc(OCc6cncc(C#N)c6)c(CNCCO)cc5Br)cccc43)c(Br)cc2CCCCO)c1. The van der Waals surface area contributed by atoms with E-state index in [1.54, 1.807) is 24.5 Å². The number of hydrogen-bond donors (Lipinski definition) is 3. The van der Waals surface area contributed by atoms with Crippen LogP contribution in [0.2, 0.25) is 0 Å². The molecule has 0 fully saturated rings. The summed E-state index contributed by atoms with van der Waals surface area (Å²) in [6.45, 7) is 1.28. The Kier molecular flexibility index (Phi) is 14.8. The second-order valence-corrected chi connectivity index (χ2v) is 17.3. The molecule has 13 nitrogen and oxygen atoms in total. The maximum atomic E-state index is 9.43. The molecule has 2 aromatic carbocycles. The van der Waals surface area contributed by atoms with Crippen LogP contribution in [0, 0.1) is 22.7 Å². The number of benzene rings is 2. The number of rotatable bonds is 19. The van der Waals surface area contributed by atoms with Crippen molar-refractivity contribution >= 4 is 31.9 Å². The molecule has 3 N–H and O–H groups in total. The van der Waals surface area contributed by atoms with Gasteiger partial charge in [0.1, 0.15) is 37.6 Å². The number of nitrogens with zero attached hydrogens (tertiary/aromatic N) is 6. The van der Waals surface area contributed by atoms with E-state index in [0.717, 1.165) is 70.0 Å². The number of fused-ring (bicyclic) bond motifs is 2. The quantitative estimate of drug-likeness (QED) is 0.0654. The Labute approximate surface area is 388 Å². The molecule has 15 heteroatoms. The number of unbranched alkanes of at least 4 members (excludes halogenated alkanes) is 1. The molecule has 2 aliphatic carbocycles. The first-order valence-corrected chi connectivity index (χ1v) is 22.8. The molecular weight excluding hydrogens is 942 g/mol. The van der Waals surface area contributed by atoms with Crippen molar-refractivity contribution in [3.63, 3.8) is 0 Å². The number of aromatic nitrogens is 4. The Hall–Kier alpha value is -5.94. The van der Waals surface area contributed by atoms with Gasteiger partial charge < -0.3 is 34.5 Å². The first-order chi connectivity index (χ1) is 31.3. The van der Waals surface area contributed by atoms with Crippen LogP contribution in [0.15, 0.2) is 94.4 Å². The van der Waals surface area contributed by atoms with E-state index in [-0.39, 0.29) is 38.6 Å². The summed E-state index contributed by atoms with van der Waals surface area (Å²) in [7, 11) is 0. The predicted molar refractivity (Wildman–Crippen MR) is 245 cm³/mol. The molecule has 6 aromatic rings. The standard InChI is InChI=1S/C49H45Br2N7O6/c50-42-19-34(5-1-2-15-59)46(61-28-32-17-30(21-52)23-55-25-32)57-48(42)63-44-12-10-38-36(6-3-8-40(38)44)37-7-4-9-41-39(37)11-13-45(41)64-49-43(51)20-35(27-54-14-16-60)47(58-49)62-29-33-18-31(22-53)24-56-26-33/h3-4,6-9,17-20,23-26,44-45,54,59-60H,1-2,5,10-16,27-29H2/t44-,45-/m0/s1. The van der Waals surface area contributed by atoms with Crippen molar-refractivity contribution in [3.05, 3.63) is 150 Å². The van der Waals surface area contributed by atoms with Crippen molar-refractivity contribution in [3.8, 4) is 46.8 Å². The molecule has 0 unspecified atom stereocenters. The molecule has 0 saturated heterocycles. The first-order valence-electron chi connectivity index (χ1n) is 21.2. The van der Waals surface area contributed by atoms with Gasteiger partial charge in [-0.2, -0.15) is 20.5 Å². The van der Waals surface area contributed by atoms with E-state index in [9.17, 15) is 20.7 Å². The van der Waals surface area contributed by atoms with Gasteiger partial charge in [0.05, 0.1) is 26.7 Å². The number of aliphatic hydroxyl groups excluding tert-OH is 2. The van der Waals surface area contributed by atoms with Gasteiger partial charge in [-0.25, -0.2) is 0 Å². The molecule has 0 radical (unpaired) electrons. The van der Waals surface area contributed by atoms with E-state index in [1.807, 2.05) is 12.1 Å². The molecular formula is C49H45Br2N7O6. The van der Waals surface area contributed by atoms with E-state index >= 15 is 0 Å². The zero-order valence-corrected chi connectivity index (χ0v) is 38.1. The minimum atomic E-state index is -0.243. The number of nitriles is 2. The Morgan fingerprint density at radius 1 is 0.656 bits per heavy atom. The maximum absolute atomic E-state index is 9.43. The van der Waals surface area contributed by atoms with Crippen molar-refractivity contribution < 1.29 is 29.2 Å². The second-order valence-electron chi connectivity index (χ2n) is 15.6. The fraction of sp³-hybridized carbons (Fsp3) is 0.306. The third-order valence-corrected chi connectivity index (χ3v) is 12.4. The van der Waals surface area contributed by atoms with Crippen LogP contribution in [0.3, 0.4) is 0 Å². The molecule has 8 rings (SSSR count). The van der Waals surface area contributed by atoms with Crippen molar-refractivity contribution in [1.29, 1.82) is 10.5 Å². The van der Waals surface area contributed by atoms with Gasteiger partial charge in [0.15, 0.2) is 0 Å². The van der Waals surface area contributed by atoms with Gasteiger partial charge in [0.2, 0.25) is 23.5 Å². The summed E-state index contributed by atoms with van der Waals surface area (Å²) in [5.41, 5.74) is 11.1. The number of aliphatic hydroxyl groups is 2. The Morgan fingerprint density at radius 2 is 1.19 bits per heavy atom. The molecule has 326 valence electrons. The summed E-state index contributed by atoms with van der Waals surface area (Å²) in [5.74, 6) is 1.67. The molecule has 0 spiro atoms. The van der Waals surface area contributed by atoms with Crippen LogP contribution in [-0.4, -0.2) is 49.9 Å². The fourth-order valence-corrected chi connectivity index (χ4v) is 9.17. The van der Waals surface area contributed by atoms with Gasteiger partial charge in [-0.3, -0.25) is 9.97 Å². The Morgan fingerprint density at radius 3 is 1.70 bits per heavy atom. The average molecular weight is 988 g/mol. The smallest absolute Gasteiger partial charge is 0.231 e. The summed E-state index contributed by atoms with van der Waals surface area (Å²) >= 11 is 7.43. The second kappa shape index (κ2) is 21.2. The molecule has 0 bridgehead atoms. The van der Waals surface area contributed by atoms with Crippen LogP contribution < -0.4 is 24.3 Å². The van der Waals surface area contributed by atoms with Gasteiger partial charge in [0, 0.05) is 66.7 Å². The lowest BCUT2D eigenvalue weighted by Gasteiger charge is -2.19. The van der Waals surface area contributed by atoms with Gasteiger partial charge in [-0.1, -0.05) is 36.4 Å². The maximum Gasteiger partial charge on any atom is 0.231 e. The van der Waals surface area contributed by atoms with Crippen LogP contribution in [0.1, 0.15) is 93.5 Å². The van der Waals surface area contributed by atoms with Crippen LogP contribution in [0.5, 0.6) is 23.5 Å². The minimum Gasteiger partial charge on any atom is -0.472 e. The lowest BCUT2D eigenvalue weighted by Crippen LogP contribution is -2.18. The van der Waals surface area contributed by atoms with Crippen molar-refractivity contribution in [2.75, 3.05) is 19.8 Å². The van der Waals surface area contributed by atoms with E-state index in [1.165, 1.54) is 34.6 Å². The average Bonchev–Trinajstić information content (AvgIpc) is 3.94. The van der Waals surface area contributed by atoms with Crippen molar-refractivity contribution in [1.82, 2.24) is 25.3 Å². The molecule has 4 aromatic heterocycles. The normalized spacial score (nSPS) is 14.9. The number of pyridine rings is 4. The van der Waals surface area contributed by atoms with Crippen LogP contribution in [0.25, 0.3) is 11.1 Å². The lowest BCUT2D eigenvalue weighted by molar-refractivity contribution is 0.192. The number of aryl methyl sites for hydroxylation is 1. The van der Waals surface area contributed by atoms with Crippen molar-refractivity contribution in [2.45, 2.75) is 76.9 Å². The highest BCUT2D eigenvalue weighted by Gasteiger charge is 2.32. The molecule has 2 aliphatic rings. The van der Waals surface area contributed by atoms with Gasteiger partial charge >= 0.3 is 0 Å². The topological polar surface area (TPSA) is 189 Å². The summed E-state index contributed by atoms with van der Waals surface area (Å²) in [5, 5.41) is 40.7. The minimum absolute atomic E-state index is 0.00218. The highest BCUT2D eigenvalue weighted by molar-refractivity contribution is 9.10. The molecule has 2 atom stereocenters. The molecule has 0 saturated carbocycles. The molecule has 0 amide bonds. The summed E-state index contributed by atoms with van der Waals surface area (Å²) < 4.78 is 27.3. The highest BCUT2D eigenvalue weighted by atomic mass is 79.9. The first kappa shape index (κ1) is 44.7. The van der Waals surface area contributed by atoms with E-state index in [4.69, 9.17) is 28.9 Å². The van der Waals surface area contributed by atoms with Crippen LogP contribution >= 0.6 is 31.9 Å². The molecule has 64 heavy (non-hydrogen) atoms. The fourth-order valence-electron chi connectivity index (χ4n) is 8.25. The molecule has 4 heterocycles. The third kappa shape index (κ3) is 10.4. The number of hydrogen-bond acceptors (Lipinski definition) is 13. The Bertz CT molecular complexity index is 2540. The van der Waals surface area contributed by atoms with Gasteiger partial charge in [-0.05, 0) is 134 Å². The lowest BCUT2D eigenvalue weighted by atomic mass is 9.91. The van der Waals surface area contributed by atoms with E-state index in [2.05, 4.69) is 95.7 Å². The van der Waals surface area contributed by atoms with Gasteiger partial charge in [0.25, 0.3) is 0 Å². The van der Waals surface area contributed by atoms with Crippen LogP contribution in [-0.2, 0) is 39.0 Å². The summed E-state index contributed by atoms with van der Waals surface area (Å²) in [6, 6.07) is 24.5. The van der Waals surface area contributed by atoms with E-state index < -0.39 is 0 Å². The number of halogens is 2. The largest absolute Gasteiger partial charge is 0.472 e. The van der Waals surface area contributed by atoms with Gasteiger partial charge in [-0.15, -0.1) is 0 Å². The van der Waals surface area contributed by atoms with Crippen LogP contribution in [0.4, 0.5) is 0 Å². The predicted octanol–water partition coefficient (Wildman–Crippen LogP) is 8.89. The zero-order chi connectivity index (χ0) is 44.4. The summed E-state index contributed by atoms with van der Waals surface area (Å²) in [6.07, 6.45) is 11.2. The Balaban J connectivity index is 1.02. The van der Waals surface area contributed by atoms with Crippen molar-refractivity contribution in [2.24, 2.45) is 0 Å². The van der Waals surface area contributed by atoms with E-state index in [0.29, 0.717) is 65.1 Å². The summed E-state index contributed by atoms with van der Waals surface area (Å²) in [4.78, 5) is 18.0. The number of nitrogens with one attached hydrogen (secondary N) is 1. The third-order valence-electron chi connectivity index (χ3n) is 11.3. The highest BCUT2D eigenvalue weighted by Crippen LogP contribution is 2.46. The number of ether oxygens (including phenoxy) is 4. The zero-order valence-electron chi connectivity index (χ0n) is 34.9.